The molecule has 2 aromatic rings. The maximum Gasteiger partial charge on any atom is 0.244 e. The second kappa shape index (κ2) is 8.37. The first-order valence-corrected chi connectivity index (χ1v) is 8.66. The van der Waals surface area contributed by atoms with Crippen LogP contribution < -0.4 is 10.2 Å². The molecule has 2 rings (SSSR count). The minimum atomic E-state index is -0.302. The normalized spacial score (nSPS) is 10.6. The summed E-state index contributed by atoms with van der Waals surface area (Å²) in [6.07, 6.45) is 0. The Morgan fingerprint density at radius 3 is 2.08 bits per heavy atom. The molecule has 2 amide bonds. The van der Waals surface area contributed by atoms with Gasteiger partial charge in [0.05, 0.1) is 0 Å². The van der Waals surface area contributed by atoms with Crippen molar-refractivity contribution in [2.75, 3.05) is 16.8 Å². The van der Waals surface area contributed by atoms with E-state index in [0.29, 0.717) is 27.3 Å². The van der Waals surface area contributed by atoms with Crippen molar-refractivity contribution < 1.29 is 9.59 Å². The summed E-state index contributed by atoms with van der Waals surface area (Å²) in [4.78, 5) is 25.6. The standard InChI is InChI=1S/C19H20Cl2N2O2/c1-12(2)14-4-6-17(7-5-14)22-19(25)11-23(13(3)24)18-9-15(20)8-16(21)10-18/h4-10,12H,11H2,1-3H3,(H,22,25). The Morgan fingerprint density at radius 2 is 1.60 bits per heavy atom. The van der Waals surface area contributed by atoms with Gasteiger partial charge in [-0.1, -0.05) is 49.2 Å². The summed E-state index contributed by atoms with van der Waals surface area (Å²) in [6.45, 7) is 5.47. The summed E-state index contributed by atoms with van der Waals surface area (Å²) in [5, 5.41) is 3.60. The lowest BCUT2D eigenvalue weighted by Gasteiger charge is -2.21. The number of nitrogens with zero attached hydrogens (tertiary/aromatic N) is 1. The van der Waals surface area contributed by atoms with E-state index in [1.54, 1.807) is 18.2 Å². The Hall–Kier alpha value is -2.04. The number of halogens is 2. The third-order valence-electron chi connectivity index (χ3n) is 3.70. The van der Waals surface area contributed by atoms with Crippen LogP contribution in [0.1, 0.15) is 32.3 Å². The molecule has 0 aromatic heterocycles. The van der Waals surface area contributed by atoms with E-state index in [1.165, 1.54) is 17.4 Å². The van der Waals surface area contributed by atoms with E-state index in [4.69, 9.17) is 23.2 Å². The monoisotopic (exact) mass is 378 g/mol. The van der Waals surface area contributed by atoms with Gasteiger partial charge in [-0.15, -0.1) is 0 Å². The van der Waals surface area contributed by atoms with E-state index >= 15 is 0 Å². The number of rotatable bonds is 5. The van der Waals surface area contributed by atoms with Crippen LogP contribution in [0, 0.1) is 0 Å². The van der Waals surface area contributed by atoms with Gasteiger partial charge in [0.2, 0.25) is 11.8 Å². The van der Waals surface area contributed by atoms with E-state index in [-0.39, 0.29) is 18.4 Å². The lowest BCUT2D eigenvalue weighted by molar-refractivity contribution is -0.120. The van der Waals surface area contributed by atoms with Crippen LogP contribution in [0.3, 0.4) is 0 Å². The molecule has 0 radical (unpaired) electrons. The fraction of sp³-hybridized carbons (Fsp3) is 0.263. The average Bonchev–Trinajstić information content (AvgIpc) is 2.51. The summed E-state index contributed by atoms with van der Waals surface area (Å²) in [6, 6.07) is 12.4. The van der Waals surface area contributed by atoms with Gasteiger partial charge in [-0.3, -0.25) is 9.59 Å². The molecule has 0 bridgehead atoms. The van der Waals surface area contributed by atoms with Gasteiger partial charge >= 0.3 is 0 Å². The quantitative estimate of drug-likeness (QED) is 0.785. The van der Waals surface area contributed by atoms with Crippen LogP contribution in [0.5, 0.6) is 0 Å². The van der Waals surface area contributed by atoms with Crippen molar-refractivity contribution in [2.24, 2.45) is 0 Å². The van der Waals surface area contributed by atoms with Crippen LogP contribution in [0.15, 0.2) is 42.5 Å². The maximum absolute atomic E-state index is 12.3. The van der Waals surface area contributed by atoms with Crippen LogP contribution in [0.4, 0.5) is 11.4 Å². The van der Waals surface area contributed by atoms with Crippen molar-refractivity contribution in [1.29, 1.82) is 0 Å². The van der Waals surface area contributed by atoms with Crippen molar-refractivity contribution in [3.63, 3.8) is 0 Å². The Labute approximate surface area is 157 Å². The third kappa shape index (κ3) is 5.48. The predicted molar refractivity (Wildman–Crippen MR) is 104 cm³/mol. The highest BCUT2D eigenvalue weighted by molar-refractivity contribution is 6.35. The van der Waals surface area contributed by atoms with Gasteiger partial charge in [0.25, 0.3) is 0 Å². The number of carbonyl (C=O) groups excluding carboxylic acids is 2. The van der Waals surface area contributed by atoms with E-state index < -0.39 is 0 Å². The molecule has 2 aromatic carbocycles. The number of nitrogens with one attached hydrogen (secondary N) is 1. The van der Waals surface area contributed by atoms with E-state index in [2.05, 4.69) is 19.2 Å². The van der Waals surface area contributed by atoms with Crippen molar-refractivity contribution >= 4 is 46.4 Å². The van der Waals surface area contributed by atoms with Crippen LogP contribution in [0.25, 0.3) is 0 Å². The average molecular weight is 379 g/mol. The SMILES string of the molecule is CC(=O)N(CC(=O)Nc1ccc(C(C)C)cc1)c1cc(Cl)cc(Cl)c1. The molecule has 0 aliphatic heterocycles. The molecule has 0 fully saturated rings. The van der Waals surface area contributed by atoms with Crippen molar-refractivity contribution in [2.45, 2.75) is 26.7 Å². The zero-order chi connectivity index (χ0) is 18.6. The summed E-state index contributed by atoms with van der Waals surface area (Å²) >= 11 is 12.0. The summed E-state index contributed by atoms with van der Waals surface area (Å²) in [5.41, 5.74) is 2.36. The summed E-state index contributed by atoms with van der Waals surface area (Å²) < 4.78 is 0. The topological polar surface area (TPSA) is 49.4 Å². The van der Waals surface area contributed by atoms with Gasteiger partial charge < -0.3 is 10.2 Å². The molecule has 4 nitrogen and oxygen atoms in total. The molecule has 0 spiro atoms. The molecule has 6 heteroatoms. The number of amides is 2. The van der Waals surface area contributed by atoms with Gasteiger partial charge in [-0.2, -0.15) is 0 Å². The molecule has 0 aliphatic carbocycles. The Balaban J connectivity index is 2.11. The van der Waals surface area contributed by atoms with Crippen LogP contribution in [-0.2, 0) is 9.59 Å². The number of anilines is 2. The summed E-state index contributed by atoms with van der Waals surface area (Å²) in [7, 11) is 0. The van der Waals surface area contributed by atoms with Gasteiger partial charge in [0.1, 0.15) is 6.54 Å². The van der Waals surface area contributed by atoms with E-state index in [9.17, 15) is 9.59 Å². The Morgan fingerprint density at radius 1 is 1.04 bits per heavy atom. The molecular formula is C19H20Cl2N2O2. The smallest absolute Gasteiger partial charge is 0.244 e. The maximum atomic E-state index is 12.3. The van der Waals surface area contributed by atoms with Gasteiger partial charge in [0, 0.05) is 28.3 Å². The second-order valence-corrected chi connectivity index (χ2v) is 6.93. The van der Waals surface area contributed by atoms with Crippen molar-refractivity contribution in [3.05, 3.63) is 58.1 Å². The number of hydrogen-bond donors (Lipinski definition) is 1. The van der Waals surface area contributed by atoms with Crippen LogP contribution in [-0.4, -0.2) is 18.4 Å². The molecule has 132 valence electrons. The fourth-order valence-electron chi connectivity index (χ4n) is 2.38. The highest BCUT2D eigenvalue weighted by Gasteiger charge is 2.17. The molecule has 0 heterocycles. The van der Waals surface area contributed by atoms with E-state index in [0.717, 1.165) is 0 Å². The highest BCUT2D eigenvalue weighted by atomic mass is 35.5. The van der Waals surface area contributed by atoms with Crippen LogP contribution >= 0.6 is 23.2 Å². The zero-order valence-electron chi connectivity index (χ0n) is 14.3. The first-order valence-electron chi connectivity index (χ1n) is 7.90. The Bertz CT molecular complexity index is 753. The van der Waals surface area contributed by atoms with Gasteiger partial charge in [0.15, 0.2) is 0 Å². The fourth-order valence-corrected chi connectivity index (χ4v) is 2.89. The minimum absolute atomic E-state index is 0.127. The van der Waals surface area contributed by atoms with Gasteiger partial charge in [-0.25, -0.2) is 0 Å². The van der Waals surface area contributed by atoms with Gasteiger partial charge in [-0.05, 0) is 41.8 Å². The molecule has 0 saturated carbocycles. The number of hydrogen-bond acceptors (Lipinski definition) is 2. The van der Waals surface area contributed by atoms with E-state index in [1.807, 2.05) is 24.3 Å². The van der Waals surface area contributed by atoms with Crippen molar-refractivity contribution in [1.82, 2.24) is 0 Å². The molecule has 25 heavy (non-hydrogen) atoms. The highest BCUT2D eigenvalue weighted by Crippen LogP contribution is 2.25. The first kappa shape index (κ1) is 19.3. The largest absolute Gasteiger partial charge is 0.325 e. The van der Waals surface area contributed by atoms with Crippen LogP contribution in [0.2, 0.25) is 10.0 Å². The number of benzene rings is 2. The first-order chi connectivity index (χ1) is 11.8. The molecule has 0 saturated heterocycles. The molecular weight excluding hydrogens is 359 g/mol. The second-order valence-electron chi connectivity index (χ2n) is 6.06. The zero-order valence-corrected chi connectivity index (χ0v) is 15.9. The lowest BCUT2D eigenvalue weighted by Crippen LogP contribution is -2.36. The molecule has 0 atom stereocenters. The van der Waals surface area contributed by atoms with Crippen molar-refractivity contribution in [3.8, 4) is 0 Å². The minimum Gasteiger partial charge on any atom is -0.325 e. The molecule has 1 N–H and O–H groups in total. The molecule has 0 aliphatic rings. The lowest BCUT2D eigenvalue weighted by atomic mass is 10.0. The third-order valence-corrected chi connectivity index (χ3v) is 4.14. The molecule has 0 unspecified atom stereocenters. The summed E-state index contributed by atoms with van der Waals surface area (Å²) in [5.74, 6) is -0.155. The Kier molecular flexibility index (Phi) is 6.45. The predicted octanol–water partition coefficient (Wildman–Crippen LogP) is 5.11. The number of carbonyl (C=O) groups is 2.